The molecule has 15 heavy (non-hydrogen) atoms. The Morgan fingerprint density at radius 3 is 2.07 bits per heavy atom. The maximum atomic E-state index is 10.0. The van der Waals surface area contributed by atoms with Crippen LogP contribution in [0.1, 0.15) is 17.2 Å². The van der Waals surface area contributed by atoms with Crippen molar-refractivity contribution in [2.75, 3.05) is 0 Å². The van der Waals surface area contributed by atoms with Gasteiger partial charge in [0.2, 0.25) is 0 Å². The molecule has 2 rings (SSSR count). The average Bonchev–Trinajstić information content (AvgIpc) is 2.30. The molecule has 0 amide bonds. The zero-order chi connectivity index (χ0) is 10.7. The predicted octanol–water partition coefficient (Wildman–Crippen LogP) is 2.93. The van der Waals surface area contributed by atoms with Crippen molar-refractivity contribution in [2.24, 2.45) is 0 Å². The van der Waals surface area contributed by atoms with Crippen LogP contribution in [0.5, 0.6) is 0 Å². The minimum Gasteiger partial charge on any atom is -0.384 e. The fourth-order valence-electron chi connectivity index (χ4n) is 1.38. The quantitative estimate of drug-likeness (QED) is 0.904. The molecular formula is C12H10BrNO. The van der Waals surface area contributed by atoms with Crippen molar-refractivity contribution in [3.05, 3.63) is 64.4 Å². The van der Waals surface area contributed by atoms with Crippen LogP contribution >= 0.6 is 15.9 Å². The van der Waals surface area contributed by atoms with Gasteiger partial charge in [-0.1, -0.05) is 28.1 Å². The van der Waals surface area contributed by atoms with Crippen LogP contribution in [0.25, 0.3) is 0 Å². The van der Waals surface area contributed by atoms with E-state index < -0.39 is 6.10 Å². The Kier molecular flexibility index (Phi) is 3.14. The summed E-state index contributed by atoms with van der Waals surface area (Å²) in [6.45, 7) is 0. The summed E-state index contributed by atoms with van der Waals surface area (Å²) in [5.41, 5.74) is 1.73. The minimum absolute atomic E-state index is 0.582. The molecule has 1 aromatic heterocycles. The van der Waals surface area contributed by atoms with E-state index in [0.29, 0.717) is 0 Å². The zero-order valence-corrected chi connectivity index (χ0v) is 9.55. The summed E-state index contributed by atoms with van der Waals surface area (Å²) in [4.78, 5) is 3.92. The Bertz CT molecular complexity index is 427. The lowest BCUT2D eigenvalue weighted by atomic mass is 10.0. The van der Waals surface area contributed by atoms with E-state index in [4.69, 9.17) is 0 Å². The Morgan fingerprint density at radius 2 is 1.47 bits per heavy atom. The van der Waals surface area contributed by atoms with Crippen molar-refractivity contribution >= 4 is 15.9 Å². The summed E-state index contributed by atoms with van der Waals surface area (Å²) in [6, 6.07) is 11.3. The highest BCUT2D eigenvalue weighted by Crippen LogP contribution is 2.22. The van der Waals surface area contributed by atoms with Crippen LogP contribution in [-0.4, -0.2) is 10.1 Å². The third-order valence-corrected chi connectivity index (χ3v) is 2.74. The van der Waals surface area contributed by atoms with Gasteiger partial charge < -0.3 is 5.11 Å². The molecule has 1 atom stereocenters. The van der Waals surface area contributed by atoms with Crippen molar-refractivity contribution in [1.82, 2.24) is 4.98 Å². The van der Waals surface area contributed by atoms with Crippen LogP contribution in [0, 0.1) is 0 Å². The Balaban J connectivity index is 2.29. The van der Waals surface area contributed by atoms with Gasteiger partial charge in [0.1, 0.15) is 6.10 Å². The van der Waals surface area contributed by atoms with Gasteiger partial charge in [-0.05, 0) is 35.4 Å². The van der Waals surface area contributed by atoms with Crippen LogP contribution in [0.2, 0.25) is 0 Å². The van der Waals surface area contributed by atoms with E-state index in [2.05, 4.69) is 20.9 Å². The monoisotopic (exact) mass is 263 g/mol. The Labute approximate surface area is 96.7 Å². The first-order valence-electron chi connectivity index (χ1n) is 4.61. The second kappa shape index (κ2) is 4.55. The molecule has 0 saturated carbocycles. The molecule has 0 bridgehead atoms. The molecule has 1 N–H and O–H groups in total. The first-order valence-corrected chi connectivity index (χ1v) is 5.40. The van der Waals surface area contributed by atoms with Crippen molar-refractivity contribution in [1.29, 1.82) is 0 Å². The summed E-state index contributed by atoms with van der Waals surface area (Å²) < 4.78 is 1.01. The van der Waals surface area contributed by atoms with E-state index in [1.54, 1.807) is 12.4 Å². The highest BCUT2D eigenvalue weighted by Gasteiger charge is 2.08. The van der Waals surface area contributed by atoms with Gasteiger partial charge in [0, 0.05) is 16.9 Å². The van der Waals surface area contributed by atoms with Gasteiger partial charge in [0.25, 0.3) is 0 Å². The number of hydrogen-bond acceptors (Lipinski definition) is 2. The number of aromatic nitrogens is 1. The van der Waals surface area contributed by atoms with Crippen LogP contribution in [0.4, 0.5) is 0 Å². The van der Waals surface area contributed by atoms with E-state index in [9.17, 15) is 5.11 Å². The van der Waals surface area contributed by atoms with Gasteiger partial charge in [0.05, 0.1) is 0 Å². The second-order valence-corrected chi connectivity index (χ2v) is 4.15. The van der Waals surface area contributed by atoms with Crippen LogP contribution in [0.3, 0.4) is 0 Å². The summed E-state index contributed by atoms with van der Waals surface area (Å²) in [7, 11) is 0. The molecule has 0 radical (unpaired) electrons. The van der Waals surface area contributed by atoms with E-state index >= 15 is 0 Å². The number of nitrogens with zero attached hydrogens (tertiary/aromatic N) is 1. The average molecular weight is 264 g/mol. The van der Waals surface area contributed by atoms with Gasteiger partial charge in [0.15, 0.2) is 0 Å². The first-order chi connectivity index (χ1) is 7.27. The van der Waals surface area contributed by atoms with Gasteiger partial charge in [-0.15, -0.1) is 0 Å². The SMILES string of the molecule is OC(c1ccncc1)c1ccc(Br)cc1. The second-order valence-electron chi connectivity index (χ2n) is 3.23. The maximum Gasteiger partial charge on any atom is 0.104 e. The number of benzene rings is 1. The van der Waals surface area contributed by atoms with Crippen LogP contribution < -0.4 is 0 Å². The third-order valence-electron chi connectivity index (χ3n) is 2.21. The molecule has 1 heterocycles. The maximum absolute atomic E-state index is 10.0. The van der Waals surface area contributed by atoms with Gasteiger partial charge in [-0.2, -0.15) is 0 Å². The van der Waals surface area contributed by atoms with Crippen molar-refractivity contribution < 1.29 is 5.11 Å². The van der Waals surface area contributed by atoms with E-state index in [0.717, 1.165) is 15.6 Å². The fraction of sp³-hybridized carbons (Fsp3) is 0.0833. The van der Waals surface area contributed by atoms with Crippen molar-refractivity contribution in [2.45, 2.75) is 6.10 Å². The largest absolute Gasteiger partial charge is 0.384 e. The van der Waals surface area contributed by atoms with E-state index in [1.807, 2.05) is 36.4 Å². The fourth-order valence-corrected chi connectivity index (χ4v) is 1.65. The lowest BCUT2D eigenvalue weighted by Crippen LogP contribution is -1.98. The first kappa shape index (κ1) is 10.3. The highest BCUT2D eigenvalue weighted by molar-refractivity contribution is 9.10. The van der Waals surface area contributed by atoms with Crippen LogP contribution in [-0.2, 0) is 0 Å². The number of halogens is 1. The molecule has 0 aliphatic carbocycles. The molecule has 2 aromatic rings. The molecule has 0 aliphatic heterocycles. The molecule has 0 fully saturated rings. The summed E-state index contributed by atoms with van der Waals surface area (Å²) >= 11 is 3.36. The predicted molar refractivity (Wildman–Crippen MR) is 62.4 cm³/mol. The Hall–Kier alpha value is -1.19. The molecule has 0 saturated heterocycles. The number of aliphatic hydroxyl groups is 1. The molecule has 76 valence electrons. The molecule has 0 aliphatic rings. The van der Waals surface area contributed by atoms with E-state index in [-0.39, 0.29) is 0 Å². The summed E-state index contributed by atoms with van der Waals surface area (Å²) in [6.07, 6.45) is 2.77. The van der Waals surface area contributed by atoms with Gasteiger partial charge >= 0.3 is 0 Å². The van der Waals surface area contributed by atoms with E-state index in [1.165, 1.54) is 0 Å². The number of aliphatic hydroxyl groups excluding tert-OH is 1. The molecule has 3 heteroatoms. The Morgan fingerprint density at radius 1 is 0.933 bits per heavy atom. The lowest BCUT2D eigenvalue weighted by molar-refractivity contribution is 0.220. The number of rotatable bonds is 2. The molecule has 2 nitrogen and oxygen atoms in total. The molecular weight excluding hydrogens is 254 g/mol. The topological polar surface area (TPSA) is 33.1 Å². The molecule has 0 spiro atoms. The minimum atomic E-state index is -0.582. The highest BCUT2D eigenvalue weighted by atomic mass is 79.9. The standard InChI is InChI=1S/C12H10BrNO/c13-11-3-1-9(2-4-11)12(15)10-5-7-14-8-6-10/h1-8,12,15H. The number of hydrogen-bond donors (Lipinski definition) is 1. The third kappa shape index (κ3) is 2.43. The van der Waals surface area contributed by atoms with Crippen molar-refractivity contribution in [3.63, 3.8) is 0 Å². The summed E-state index contributed by atoms with van der Waals surface area (Å²) in [5.74, 6) is 0. The molecule has 1 aromatic carbocycles. The van der Waals surface area contributed by atoms with Crippen LogP contribution in [0.15, 0.2) is 53.3 Å². The molecule has 1 unspecified atom stereocenters. The zero-order valence-electron chi connectivity index (χ0n) is 7.97. The normalized spacial score (nSPS) is 12.4. The van der Waals surface area contributed by atoms with Gasteiger partial charge in [-0.25, -0.2) is 0 Å². The number of pyridine rings is 1. The van der Waals surface area contributed by atoms with Crippen molar-refractivity contribution in [3.8, 4) is 0 Å². The van der Waals surface area contributed by atoms with Gasteiger partial charge in [-0.3, -0.25) is 4.98 Å². The summed E-state index contributed by atoms with van der Waals surface area (Å²) in [5, 5.41) is 10.0. The lowest BCUT2D eigenvalue weighted by Gasteiger charge is -2.10. The smallest absolute Gasteiger partial charge is 0.104 e.